The zero-order valence-corrected chi connectivity index (χ0v) is 15.3. The summed E-state index contributed by atoms with van der Waals surface area (Å²) >= 11 is 0. The van der Waals surface area contributed by atoms with E-state index in [1.807, 2.05) is 30.3 Å². The van der Waals surface area contributed by atoms with Crippen molar-refractivity contribution in [3.8, 4) is 11.5 Å². The second kappa shape index (κ2) is 9.08. The van der Waals surface area contributed by atoms with Crippen LogP contribution in [0.25, 0.3) is 0 Å². The summed E-state index contributed by atoms with van der Waals surface area (Å²) in [6.45, 7) is 2.36. The molecule has 134 valence electrons. The van der Waals surface area contributed by atoms with E-state index in [1.54, 1.807) is 21.3 Å². The maximum absolute atomic E-state index is 12.1. The molecule has 1 amide bonds. The number of carbonyl (C=O) groups is 1. The van der Waals surface area contributed by atoms with Gasteiger partial charge in [0, 0.05) is 0 Å². The Labute approximate surface area is 149 Å². The largest absolute Gasteiger partial charge is 0.493 e. The summed E-state index contributed by atoms with van der Waals surface area (Å²) in [6, 6.07) is 13.8. The van der Waals surface area contributed by atoms with Gasteiger partial charge in [0.15, 0.2) is 11.5 Å². The van der Waals surface area contributed by atoms with Crippen LogP contribution in [0, 0.1) is 6.92 Å². The molecule has 5 nitrogen and oxygen atoms in total. The van der Waals surface area contributed by atoms with Crippen LogP contribution in [0.4, 0.5) is 0 Å². The van der Waals surface area contributed by atoms with Gasteiger partial charge in [-0.05, 0) is 49.2 Å². The van der Waals surface area contributed by atoms with E-state index < -0.39 is 0 Å². The molecule has 0 heterocycles. The predicted molar refractivity (Wildman–Crippen MR) is 99.2 cm³/mol. The van der Waals surface area contributed by atoms with Crippen LogP contribution in [0.15, 0.2) is 42.5 Å². The normalized spacial score (nSPS) is 11.7. The molecule has 2 aromatic carbocycles. The zero-order chi connectivity index (χ0) is 18.2. The Balaban J connectivity index is 2.33. The molecule has 0 aliphatic carbocycles. The highest BCUT2D eigenvalue weighted by molar-refractivity contribution is 5.78. The molecule has 0 saturated carbocycles. The minimum atomic E-state index is -0.151. The summed E-state index contributed by atoms with van der Waals surface area (Å²) in [5, 5.41) is 5.98. The lowest BCUT2D eigenvalue weighted by Crippen LogP contribution is -2.36. The van der Waals surface area contributed by atoms with Gasteiger partial charge in [-0.25, -0.2) is 0 Å². The fourth-order valence-electron chi connectivity index (χ4n) is 2.79. The summed E-state index contributed by atoms with van der Waals surface area (Å²) < 4.78 is 10.7. The molecule has 1 atom stereocenters. The van der Waals surface area contributed by atoms with Crippen molar-refractivity contribution in [2.24, 2.45) is 0 Å². The molecule has 0 bridgehead atoms. The van der Waals surface area contributed by atoms with Gasteiger partial charge >= 0.3 is 0 Å². The Hall–Kier alpha value is -2.53. The molecule has 0 aromatic heterocycles. The summed E-state index contributed by atoms with van der Waals surface area (Å²) in [4.78, 5) is 12.1. The average Bonchev–Trinajstić information content (AvgIpc) is 2.62. The number of hydrogen-bond acceptors (Lipinski definition) is 4. The lowest BCUT2D eigenvalue weighted by molar-refractivity contribution is -0.120. The van der Waals surface area contributed by atoms with Gasteiger partial charge in [0.2, 0.25) is 5.91 Å². The van der Waals surface area contributed by atoms with E-state index in [2.05, 4.69) is 29.7 Å². The van der Waals surface area contributed by atoms with Gasteiger partial charge in [-0.2, -0.15) is 0 Å². The van der Waals surface area contributed by atoms with Crippen LogP contribution in [0.5, 0.6) is 11.5 Å². The third-order valence-corrected chi connectivity index (χ3v) is 4.17. The van der Waals surface area contributed by atoms with Crippen molar-refractivity contribution in [2.45, 2.75) is 19.4 Å². The van der Waals surface area contributed by atoms with Crippen LogP contribution in [-0.2, 0) is 11.2 Å². The van der Waals surface area contributed by atoms with Crippen LogP contribution in [0.1, 0.15) is 22.7 Å². The van der Waals surface area contributed by atoms with Crippen molar-refractivity contribution < 1.29 is 14.3 Å². The number of benzene rings is 2. The number of aryl methyl sites for hydroxylation is 1. The van der Waals surface area contributed by atoms with E-state index in [-0.39, 0.29) is 18.5 Å². The molecule has 0 radical (unpaired) electrons. The molecule has 1 unspecified atom stereocenters. The highest BCUT2D eigenvalue weighted by atomic mass is 16.5. The number of ether oxygens (including phenoxy) is 2. The van der Waals surface area contributed by atoms with Crippen molar-refractivity contribution in [3.63, 3.8) is 0 Å². The molecule has 0 fully saturated rings. The van der Waals surface area contributed by atoms with Gasteiger partial charge in [-0.1, -0.05) is 30.3 Å². The number of rotatable bonds is 8. The first-order valence-corrected chi connectivity index (χ1v) is 8.29. The number of carbonyl (C=O) groups excluding carboxylic acids is 1. The smallest absolute Gasteiger partial charge is 0.234 e. The lowest BCUT2D eigenvalue weighted by atomic mass is 9.95. The molecule has 0 aliphatic rings. The molecule has 2 N–H and O–H groups in total. The molecule has 2 aromatic rings. The summed E-state index contributed by atoms with van der Waals surface area (Å²) in [5.41, 5.74) is 3.38. The highest BCUT2D eigenvalue weighted by Crippen LogP contribution is 2.31. The van der Waals surface area contributed by atoms with Crippen molar-refractivity contribution in [1.82, 2.24) is 10.6 Å². The van der Waals surface area contributed by atoms with Gasteiger partial charge in [-0.15, -0.1) is 0 Å². The maximum atomic E-state index is 12.1. The molecule has 0 spiro atoms. The second-order valence-electron chi connectivity index (χ2n) is 5.90. The van der Waals surface area contributed by atoms with Gasteiger partial charge < -0.3 is 20.1 Å². The van der Waals surface area contributed by atoms with E-state index in [0.717, 1.165) is 5.56 Å². The molecule has 0 saturated heterocycles. The zero-order valence-electron chi connectivity index (χ0n) is 15.3. The Bertz CT molecular complexity index is 716. The topological polar surface area (TPSA) is 59.6 Å². The van der Waals surface area contributed by atoms with E-state index in [1.165, 1.54) is 11.1 Å². The quantitative estimate of drug-likeness (QED) is 0.774. The van der Waals surface area contributed by atoms with Crippen LogP contribution >= 0.6 is 0 Å². The fourth-order valence-corrected chi connectivity index (χ4v) is 2.79. The lowest BCUT2D eigenvalue weighted by Gasteiger charge is -2.21. The van der Waals surface area contributed by atoms with Gasteiger partial charge in [0.05, 0.1) is 26.8 Å². The van der Waals surface area contributed by atoms with E-state index in [0.29, 0.717) is 17.9 Å². The van der Waals surface area contributed by atoms with Gasteiger partial charge in [-0.3, -0.25) is 4.79 Å². The minimum Gasteiger partial charge on any atom is -0.493 e. The molecular weight excluding hydrogens is 316 g/mol. The standard InChI is InChI=1S/C20H26N2O3/c1-14-7-5-6-8-15(14)11-17(22-20(23)13-21-2)16-9-10-18(24-3)19(12-16)25-4/h5-10,12,17,21H,11,13H2,1-4H3,(H,22,23). The first-order chi connectivity index (χ1) is 12.1. The van der Waals surface area contributed by atoms with Crippen LogP contribution in [0.2, 0.25) is 0 Å². The van der Waals surface area contributed by atoms with E-state index >= 15 is 0 Å². The van der Waals surface area contributed by atoms with Crippen molar-refractivity contribution >= 4 is 5.91 Å². The number of nitrogens with one attached hydrogen (secondary N) is 2. The average molecular weight is 342 g/mol. The molecule has 5 heteroatoms. The molecular formula is C20H26N2O3. The number of methoxy groups -OCH3 is 2. The van der Waals surface area contributed by atoms with E-state index in [9.17, 15) is 4.79 Å². The fraction of sp³-hybridized carbons (Fsp3) is 0.350. The molecule has 0 aliphatic heterocycles. The first kappa shape index (κ1) is 18.8. The number of likely N-dealkylation sites (N-methyl/N-ethyl adjacent to an activating group) is 1. The SMILES string of the molecule is CNCC(=O)NC(Cc1ccccc1C)c1ccc(OC)c(OC)c1. The number of hydrogen-bond donors (Lipinski definition) is 2. The Morgan fingerprint density at radius 3 is 2.44 bits per heavy atom. The third-order valence-electron chi connectivity index (χ3n) is 4.17. The maximum Gasteiger partial charge on any atom is 0.234 e. The summed E-state index contributed by atoms with van der Waals surface area (Å²) in [7, 11) is 4.97. The minimum absolute atomic E-state index is 0.0455. The van der Waals surface area contributed by atoms with Gasteiger partial charge in [0.1, 0.15) is 0 Å². The van der Waals surface area contributed by atoms with Crippen LogP contribution in [0.3, 0.4) is 0 Å². The summed E-state index contributed by atoms with van der Waals surface area (Å²) in [6.07, 6.45) is 0.706. The van der Waals surface area contributed by atoms with Crippen LogP contribution in [-0.4, -0.2) is 33.7 Å². The molecule has 2 rings (SSSR count). The second-order valence-corrected chi connectivity index (χ2v) is 5.90. The van der Waals surface area contributed by atoms with Gasteiger partial charge in [0.25, 0.3) is 0 Å². The monoisotopic (exact) mass is 342 g/mol. The Morgan fingerprint density at radius 1 is 1.08 bits per heavy atom. The Kier molecular flexibility index (Phi) is 6.83. The first-order valence-electron chi connectivity index (χ1n) is 8.29. The number of amides is 1. The highest BCUT2D eigenvalue weighted by Gasteiger charge is 2.18. The van der Waals surface area contributed by atoms with E-state index in [4.69, 9.17) is 9.47 Å². The Morgan fingerprint density at radius 2 is 1.80 bits per heavy atom. The predicted octanol–water partition coefficient (Wildman–Crippen LogP) is 2.63. The van der Waals surface area contributed by atoms with Crippen LogP contribution < -0.4 is 20.1 Å². The molecule has 25 heavy (non-hydrogen) atoms. The van der Waals surface area contributed by atoms with Crippen molar-refractivity contribution in [1.29, 1.82) is 0 Å². The van der Waals surface area contributed by atoms with Crippen molar-refractivity contribution in [3.05, 3.63) is 59.2 Å². The van der Waals surface area contributed by atoms with Crippen molar-refractivity contribution in [2.75, 3.05) is 27.8 Å². The summed E-state index contributed by atoms with van der Waals surface area (Å²) in [5.74, 6) is 1.27. The third kappa shape index (κ3) is 4.97.